The molecule has 0 unspecified atom stereocenters. The average molecular weight is 310 g/mol. The van der Waals surface area contributed by atoms with Crippen molar-refractivity contribution in [3.63, 3.8) is 0 Å². The van der Waals surface area contributed by atoms with E-state index in [-0.39, 0.29) is 16.6 Å². The summed E-state index contributed by atoms with van der Waals surface area (Å²) in [4.78, 5) is 0. The van der Waals surface area contributed by atoms with Gasteiger partial charge in [-0.05, 0) is 41.4 Å². The smallest absolute Gasteiger partial charge is 0.194 e. The molecule has 2 heterocycles. The maximum atomic E-state index is 13.4. The van der Waals surface area contributed by atoms with E-state index >= 15 is 0 Å². The molecule has 0 bridgehead atoms. The molecule has 3 aromatic rings. The van der Waals surface area contributed by atoms with Gasteiger partial charge in [-0.15, -0.1) is 0 Å². The highest BCUT2D eigenvalue weighted by Crippen LogP contribution is 2.37. The van der Waals surface area contributed by atoms with E-state index in [0.717, 1.165) is 6.07 Å². The fourth-order valence-corrected chi connectivity index (χ4v) is 2.28. The van der Waals surface area contributed by atoms with E-state index in [4.69, 9.17) is 21.8 Å². The first-order chi connectivity index (χ1) is 9.95. The Bertz CT molecular complexity index is 805. The van der Waals surface area contributed by atoms with E-state index in [2.05, 4.69) is 5.10 Å². The molecule has 0 atom stereocenters. The third-order valence-electron chi connectivity index (χ3n) is 3.05. The van der Waals surface area contributed by atoms with Crippen molar-refractivity contribution in [1.29, 1.82) is 0 Å². The van der Waals surface area contributed by atoms with E-state index in [1.807, 2.05) is 0 Å². The van der Waals surface area contributed by atoms with Gasteiger partial charge >= 0.3 is 0 Å². The van der Waals surface area contributed by atoms with Crippen LogP contribution in [-0.2, 0) is 7.05 Å². The molecule has 2 aromatic heterocycles. The number of halogens is 3. The van der Waals surface area contributed by atoms with E-state index < -0.39 is 11.6 Å². The van der Waals surface area contributed by atoms with Gasteiger partial charge in [-0.2, -0.15) is 5.10 Å². The first-order valence-corrected chi connectivity index (χ1v) is 6.38. The molecule has 108 valence electrons. The molecule has 0 amide bonds. The van der Waals surface area contributed by atoms with Gasteiger partial charge in [0.2, 0.25) is 0 Å². The highest BCUT2D eigenvalue weighted by atomic mass is 35.5. The van der Waals surface area contributed by atoms with Gasteiger partial charge in [0.25, 0.3) is 0 Å². The Morgan fingerprint density at radius 3 is 2.43 bits per heavy atom. The lowest BCUT2D eigenvalue weighted by atomic mass is 10.0. The van der Waals surface area contributed by atoms with Crippen molar-refractivity contribution in [2.75, 3.05) is 5.73 Å². The van der Waals surface area contributed by atoms with Crippen LogP contribution in [0.15, 0.2) is 34.7 Å². The topological polar surface area (TPSA) is 57.0 Å². The van der Waals surface area contributed by atoms with E-state index in [1.165, 1.54) is 16.8 Å². The molecule has 21 heavy (non-hydrogen) atoms. The lowest BCUT2D eigenvalue weighted by molar-refractivity contribution is 0.579. The Morgan fingerprint density at radius 1 is 1.19 bits per heavy atom. The molecule has 0 saturated carbocycles. The van der Waals surface area contributed by atoms with Crippen molar-refractivity contribution in [3.8, 4) is 22.6 Å². The highest BCUT2D eigenvalue weighted by Gasteiger charge is 2.21. The van der Waals surface area contributed by atoms with E-state index in [1.54, 1.807) is 19.2 Å². The number of hydrogen-bond donors (Lipinski definition) is 1. The van der Waals surface area contributed by atoms with Gasteiger partial charge < -0.3 is 10.2 Å². The van der Waals surface area contributed by atoms with Gasteiger partial charge in [0.05, 0.1) is 5.56 Å². The van der Waals surface area contributed by atoms with Crippen LogP contribution >= 0.6 is 11.6 Å². The van der Waals surface area contributed by atoms with Gasteiger partial charge in [-0.1, -0.05) is 0 Å². The van der Waals surface area contributed by atoms with Gasteiger partial charge in [0.15, 0.2) is 11.0 Å². The van der Waals surface area contributed by atoms with Crippen molar-refractivity contribution >= 4 is 17.4 Å². The molecule has 0 aliphatic rings. The Labute approximate surface area is 123 Å². The van der Waals surface area contributed by atoms with Gasteiger partial charge in [-0.25, -0.2) is 8.78 Å². The quantitative estimate of drug-likeness (QED) is 0.782. The van der Waals surface area contributed by atoms with Crippen LogP contribution in [0.25, 0.3) is 22.6 Å². The number of furan rings is 1. The van der Waals surface area contributed by atoms with Crippen molar-refractivity contribution in [3.05, 3.63) is 47.2 Å². The first kappa shape index (κ1) is 13.6. The second-order valence-corrected chi connectivity index (χ2v) is 4.87. The van der Waals surface area contributed by atoms with Crippen LogP contribution in [0, 0.1) is 11.6 Å². The van der Waals surface area contributed by atoms with Crippen LogP contribution in [0.3, 0.4) is 0 Å². The monoisotopic (exact) mass is 309 g/mol. The van der Waals surface area contributed by atoms with E-state index in [9.17, 15) is 8.78 Å². The van der Waals surface area contributed by atoms with Crippen molar-refractivity contribution in [2.24, 2.45) is 7.05 Å². The van der Waals surface area contributed by atoms with Gasteiger partial charge in [-0.3, -0.25) is 4.68 Å². The zero-order chi connectivity index (χ0) is 15.1. The molecular weight excluding hydrogens is 300 g/mol. The zero-order valence-corrected chi connectivity index (χ0v) is 11.7. The summed E-state index contributed by atoms with van der Waals surface area (Å²) in [6.07, 6.45) is 0. The van der Waals surface area contributed by atoms with Crippen LogP contribution in [0.1, 0.15) is 0 Å². The molecule has 0 radical (unpaired) electrons. The van der Waals surface area contributed by atoms with Crippen LogP contribution < -0.4 is 5.73 Å². The number of aromatic nitrogens is 2. The van der Waals surface area contributed by atoms with Crippen LogP contribution in [0.4, 0.5) is 14.6 Å². The molecule has 1 aromatic carbocycles. The van der Waals surface area contributed by atoms with E-state index in [0.29, 0.717) is 17.0 Å². The number of rotatable bonds is 2. The Kier molecular flexibility index (Phi) is 3.17. The number of benzene rings is 1. The summed E-state index contributed by atoms with van der Waals surface area (Å²) >= 11 is 5.75. The summed E-state index contributed by atoms with van der Waals surface area (Å²) in [6.45, 7) is 0. The summed E-state index contributed by atoms with van der Waals surface area (Å²) in [7, 11) is 1.63. The van der Waals surface area contributed by atoms with Crippen LogP contribution in [0.5, 0.6) is 0 Å². The Hall–Kier alpha value is -2.34. The van der Waals surface area contributed by atoms with Crippen molar-refractivity contribution in [1.82, 2.24) is 9.78 Å². The minimum Gasteiger partial charge on any atom is -0.443 e. The fourth-order valence-electron chi connectivity index (χ4n) is 2.13. The predicted octanol–water partition coefficient (Wildman–Crippen LogP) is 3.86. The molecule has 3 rings (SSSR count). The number of nitrogens with zero attached hydrogens (tertiary/aromatic N) is 2. The number of anilines is 1. The molecule has 0 fully saturated rings. The van der Waals surface area contributed by atoms with Gasteiger partial charge in [0, 0.05) is 13.1 Å². The summed E-state index contributed by atoms with van der Waals surface area (Å²) in [5, 5.41) is 4.41. The lowest BCUT2D eigenvalue weighted by Crippen LogP contribution is -1.98. The third-order valence-corrected chi connectivity index (χ3v) is 3.25. The Morgan fingerprint density at radius 2 is 1.86 bits per heavy atom. The zero-order valence-electron chi connectivity index (χ0n) is 10.9. The minimum atomic E-state index is -0.698. The second kappa shape index (κ2) is 4.89. The predicted molar refractivity (Wildman–Crippen MR) is 75.7 cm³/mol. The number of hydrogen-bond acceptors (Lipinski definition) is 3. The number of nitrogen functional groups attached to an aromatic ring is 1. The Balaban J connectivity index is 2.26. The summed E-state index contributed by atoms with van der Waals surface area (Å²) in [5.41, 5.74) is 7.00. The molecule has 0 spiro atoms. The molecule has 0 aliphatic carbocycles. The molecular formula is C14H10ClF2N3O. The van der Waals surface area contributed by atoms with Crippen LogP contribution in [0.2, 0.25) is 5.22 Å². The lowest BCUT2D eigenvalue weighted by Gasteiger charge is -2.04. The van der Waals surface area contributed by atoms with Gasteiger partial charge in [0.1, 0.15) is 23.1 Å². The maximum absolute atomic E-state index is 13.4. The molecule has 4 nitrogen and oxygen atoms in total. The fraction of sp³-hybridized carbons (Fsp3) is 0.0714. The largest absolute Gasteiger partial charge is 0.443 e. The number of aryl methyl sites for hydroxylation is 1. The highest BCUT2D eigenvalue weighted by molar-refractivity contribution is 6.29. The normalized spacial score (nSPS) is 11.0. The number of nitrogens with two attached hydrogens (primary N) is 1. The van der Waals surface area contributed by atoms with Crippen molar-refractivity contribution in [2.45, 2.75) is 0 Å². The minimum absolute atomic E-state index is 0.186. The molecule has 2 N–H and O–H groups in total. The maximum Gasteiger partial charge on any atom is 0.194 e. The summed E-state index contributed by atoms with van der Waals surface area (Å²) in [6, 6.07) is 6.33. The SMILES string of the molecule is Cn1nc(-c2ccc(Cl)o2)c(-c2cc(F)cc(F)c2)c1N. The first-order valence-electron chi connectivity index (χ1n) is 6.00. The second-order valence-electron chi connectivity index (χ2n) is 4.49. The van der Waals surface area contributed by atoms with Crippen molar-refractivity contribution < 1.29 is 13.2 Å². The summed E-state index contributed by atoms with van der Waals surface area (Å²) in [5.74, 6) is -0.761. The summed E-state index contributed by atoms with van der Waals surface area (Å²) < 4.78 is 33.6. The average Bonchev–Trinajstić information content (AvgIpc) is 2.94. The van der Waals surface area contributed by atoms with Crippen LogP contribution in [-0.4, -0.2) is 9.78 Å². The molecule has 0 saturated heterocycles. The molecule has 7 heteroatoms. The third kappa shape index (κ3) is 2.38. The standard InChI is InChI=1S/C14H10ClF2N3O/c1-20-14(18)12(7-4-8(16)6-9(17)5-7)13(19-20)10-2-3-11(15)21-10/h2-6H,18H2,1H3. The molecule has 0 aliphatic heterocycles.